The average Bonchev–Trinajstić information content (AvgIpc) is 3.50. The van der Waals surface area contributed by atoms with Crippen molar-refractivity contribution in [3.05, 3.63) is 83.4 Å². The smallest absolute Gasteiger partial charge is 0.408 e. The van der Waals surface area contributed by atoms with Crippen LogP contribution in [0.1, 0.15) is 99.1 Å². The summed E-state index contributed by atoms with van der Waals surface area (Å²) in [5.41, 5.74) is 1.83. The van der Waals surface area contributed by atoms with Gasteiger partial charge in [0.25, 0.3) is 5.91 Å². The van der Waals surface area contributed by atoms with Crippen LogP contribution in [0.2, 0.25) is 0 Å². The topological polar surface area (TPSA) is 197 Å². The molecular formula is C47H67N7O8S. The number of thioether (sulfide) groups is 1. The minimum Gasteiger partial charge on any atom is -0.445 e. The molecule has 2 aliphatic rings. The van der Waals surface area contributed by atoms with Crippen LogP contribution in [-0.2, 0) is 41.7 Å². The molecule has 4 rings (SSSR count). The predicted octanol–water partition coefficient (Wildman–Crippen LogP) is 6.02. The summed E-state index contributed by atoms with van der Waals surface area (Å²) in [5.74, 6) is -2.92. The number of ether oxygens (including phenoxy) is 2. The Kier molecular flexibility index (Phi) is 19.1. The molecule has 15 nitrogen and oxygen atoms in total. The monoisotopic (exact) mass is 889 g/mol. The third kappa shape index (κ3) is 16.4. The summed E-state index contributed by atoms with van der Waals surface area (Å²) < 4.78 is 10.8. The van der Waals surface area contributed by atoms with Crippen LogP contribution in [0.3, 0.4) is 0 Å². The SMILES string of the molecule is C/C(=C\[C@@H](C)C(=O)N[C@H](C(=O)N[C@@H](CCCNC(=O)OCc1ccccc1)C(=O)N[C@H]1CC(C)N(C2=NCCC(C)S2)C1=O)C(C)C)[C@@H](Cc1ccccc1)NC(=O)OC(C)(C)C. The second kappa shape index (κ2) is 23.9. The second-order valence-corrected chi connectivity index (χ2v) is 19.2. The molecule has 0 bridgehead atoms. The summed E-state index contributed by atoms with van der Waals surface area (Å²) in [4.78, 5) is 87.1. The van der Waals surface area contributed by atoms with E-state index >= 15 is 0 Å². The molecule has 0 aromatic heterocycles. The average molecular weight is 890 g/mol. The van der Waals surface area contributed by atoms with Crippen molar-refractivity contribution in [2.75, 3.05) is 13.1 Å². The van der Waals surface area contributed by atoms with E-state index in [1.807, 2.05) is 74.5 Å². The van der Waals surface area contributed by atoms with Crippen LogP contribution < -0.4 is 26.6 Å². The van der Waals surface area contributed by atoms with E-state index in [0.29, 0.717) is 29.8 Å². The molecule has 2 unspecified atom stereocenters. The molecule has 63 heavy (non-hydrogen) atoms. The molecule has 1 saturated heterocycles. The Bertz CT molecular complexity index is 1940. The number of rotatable bonds is 18. The van der Waals surface area contributed by atoms with E-state index in [0.717, 1.165) is 23.1 Å². The van der Waals surface area contributed by atoms with Gasteiger partial charge in [0.2, 0.25) is 17.7 Å². The number of nitrogens with one attached hydrogen (secondary N) is 5. The fourth-order valence-electron chi connectivity index (χ4n) is 7.19. The first-order valence-corrected chi connectivity index (χ1v) is 22.8. The van der Waals surface area contributed by atoms with Crippen LogP contribution in [0, 0.1) is 11.8 Å². The lowest BCUT2D eigenvalue weighted by atomic mass is 9.96. The van der Waals surface area contributed by atoms with E-state index in [2.05, 4.69) is 38.5 Å². The van der Waals surface area contributed by atoms with Gasteiger partial charge >= 0.3 is 12.2 Å². The van der Waals surface area contributed by atoms with Gasteiger partial charge in [-0.3, -0.25) is 29.1 Å². The van der Waals surface area contributed by atoms with Crippen LogP contribution >= 0.6 is 11.8 Å². The van der Waals surface area contributed by atoms with Crippen LogP contribution in [-0.4, -0.2) is 100 Å². The molecule has 2 aliphatic heterocycles. The molecule has 16 heteroatoms. The van der Waals surface area contributed by atoms with E-state index in [9.17, 15) is 28.8 Å². The highest BCUT2D eigenvalue weighted by Crippen LogP contribution is 2.30. The number of likely N-dealkylation sites (tertiary alicyclic amines) is 1. The molecular weight excluding hydrogens is 823 g/mol. The van der Waals surface area contributed by atoms with E-state index in [4.69, 9.17) is 9.47 Å². The van der Waals surface area contributed by atoms with Crippen LogP contribution in [0.15, 0.2) is 77.3 Å². The number of aliphatic imine (C=N–C) groups is 1. The Labute approximate surface area is 376 Å². The summed E-state index contributed by atoms with van der Waals surface area (Å²) in [6, 6.07) is 15.3. The van der Waals surface area contributed by atoms with Gasteiger partial charge in [0.1, 0.15) is 30.3 Å². The lowest BCUT2D eigenvalue weighted by molar-refractivity contribution is -0.135. The first-order chi connectivity index (χ1) is 29.8. The molecule has 0 radical (unpaired) electrons. The van der Waals surface area contributed by atoms with Gasteiger partial charge in [-0.2, -0.15) is 0 Å². The summed E-state index contributed by atoms with van der Waals surface area (Å²) in [6.45, 7) is 17.3. The van der Waals surface area contributed by atoms with Gasteiger partial charge in [-0.1, -0.05) is 112 Å². The van der Waals surface area contributed by atoms with Gasteiger partial charge < -0.3 is 36.1 Å². The molecule has 2 heterocycles. The van der Waals surface area contributed by atoms with E-state index in [1.54, 1.807) is 64.3 Å². The Morgan fingerprint density at radius 2 is 1.52 bits per heavy atom. The van der Waals surface area contributed by atoms with Gasteiger partial charge in [-0.25, -0.2) is 9.59 Å². The van der Waals surface area contributed by atoms with Crippen molar-refractivity contribution in [1.29, 1.82) is 0 Å². The number of hydrogen-bond donors (Lipinski definition) is 5. The van der Waals surface area contributed by atoms with Gasteiger partial charge in [0.15, 0.2) is 5.17 Å². The van der Waals surface area contributed by atoms with Gasteiger partial charge in [0, 0.05) is 24.4 Å². The van der Waals surface area contributed by atoms with E-state index < -0.39 is 65.6 Å². The summed E-state index contributed by atoms with van der Waals surface area (Å²) in [7, 11) is 0. The molecule has 2 aromatic rings. The van der Waals surface area contributed by atoms with Crippen molar-refractivity contribution in [3.8, 4) is 0 Å². The maximum Gasteiger partial charge on any atom is 0.408 e. The van der Waals surface area contributed by atoms with Crippen molar-refractivity contribution < 1.29 is 38.2 Å². The van der Waals surface area contributed by atoms with E-state index in [1.165, 1.54) is 0 Å². The number of nitrogens with zero attached hydrogens (tertiary/aromatic N) is 2. The zero-order chi connectivity index (χ0) is 46.3. The van der Waals surface area contributed by atoms with Crippen LogP contribution in [0.25, 0.3) is 0 Å². The van der Waals surface area contributed by atoms with Crippen molar-refractivity contribution in [2.24, 2.45) is 16.8 Å². The highest BCUT2D eigenvalue weighted by Gasteiger charge is 2.42. The standard InChI is InChI=1S/C47H67N7O8S/c1-29(2)39(53-40(55)31(4)25-30(3)37(27-34-17-12-10-13-18-34)52-46(60)62-47(7,8)9)42(57)50-36(21-16-23-49-45(59)61-28-35-19-14-11-15-20-35)41(56)51-38-26-32(5)54(43(38)58)44-48-24-22-33(6)63-44/h10-15,17-20,25,29,31-33,36-39H,16,21-24,26-28H2,1-9H3,(H,49,59)(H,50,57)(H,51,56)(H,52,60)(H,53,55)/b30-25+/t31-,32?,33?,36+,37-,38+,39+/m1/s1. The lowest BCUT2D eigenvalue weighted by Crippen LogP contribution is -2.57. The molecule has 5 N–H and O–H groups in total. The zero-order valence-corrected chi connectivity index (χ0v) is 39.0. The number of hydrogen-bond acceptors (Lipinski definition) is 10. The van der Waals surface area contributed by atoms with Gasteiger partial charge in [0.05, 0.1) is 12.0 Å². The molecule has 0 saturated carbocycles. The van der Waals surface area contributed by atoms with E-state index in [-0.39, 0.29) is 43.9 Å². The van der Waals surface area contributed by atoms with Crippen LogP contribution in [0.5, 0.6) is 0 Å². The summed E-state index contributed by atoms with van der Waals surface area (Å²) in [6.07, 6.45) is 2.68. The van der Waals surface area contributed by atoms with Gasteiger partial charge in [-0.15, -0.1) is 0 Å². The minimum atomic E-state index is -1.10. The highest BCUT2D eigenvalue weighted by atomic mass is 32.2. The quantitative estimate of drug-likeness (QED) is 0.0878. The highest BCUT2D eigenvalue weighted by molar-refractivity contribution is 8.14. The van der Waals surface area contributed by atoms with Crippen molar-refractivity contribution in [3.63, 3.8) is 0 Å². The number of amidine groups is 1. The normalized spacial score (nSPS) is 19.8. The zero-order valence-electron chi connectivity index (χ0n) is 38.2. The van der Waals surface area contributed by atoms with Gasteiger partial charge in [-0.05, 0) is 83.8 Å². The number of benzene rings is 2. The lowest BCUT2D eigenvalue weighted by Gasteiger charge is -2.28. The Morgan fingerprint density at radius 1 is 0.873 bits per heavy atom. The van der Waals surface area contributed by atoms with Crippen molar-refractivity contribution in [1.82, 2.24) is 31.5 Å². The van der Waals surface area contributed by atoms with Crippen LogP contribution in [0.4, 0.5) is 9.59 Å². The first-order valence-electron chi connectivity index (χ1n) is 21.9. The second-order valence-electron chi connectivity index (χ2n) is 17.7. The predicted molar refractivity (Wildman–Crippen MR) is 246 cm³/mol. The first kappa shape index (κ1) is 50.3. The number of carbonyl (C=O) groups excluding carboxylic acids is 6. The maximum absolute atomic E-state index is 14.1. The molecule has 2 aromatic carbocycles. The summed E-state index contributed by atoms with van der Waals surface area (Å²) >= 11 is 1.55. The fourth-order valence-corrected chi connectivity index (χ4v) is 8.32. The summed E-state index contributed by atoms with van der Waals surface area (Å²) in [5, 5.41) is 15.2. The molecule has 6 amide bonds. The van der Waals surface area contributed by atoms with Crippen molar-refractivity contribution >= 4 is 52.7 Å². The third-order valence-electron chi connectivity index (χ3n) is 10.6. The largest absolute Gasteiger partial charge is 0.445 e. The number of amides is 6. The Hall–Kier alpha value is -5.38. The fraction of sp³-hybridized carbons (Fsp3) is 0.553. The molecule has 0 aliphatic carbocycles. The Balaban J connectivity index is 1.45. The van der Waals surface area contributed by atoms with Crippen molar-refractivity contribution in [2.45, 2.75) is 142 Å². The molecule has 0 spiro atoms. The molecule has 344 valence electrons. The minimum absolute atomic E-state index is 0.0932. The third-order valence-corrected chi connectivity index (χ3v) is 11.8. The molecule has 7 atom stereocenters. The Morgan fingerprint density at radius 3 is 2.14 bits per heavy atom. The molecule has 1 fully saturated rings. The maximum atomic E-state index is 14.1. The number of alkyl carbamates (subject to hydrolysis) is 2. The number of carbonyl (C=O) groups is 6.